The molecule has 10 heteroatoms. The Labute approximate surface area is 194 Å². The average molecular weight is 479 g/mol. The van der Waals surface area contributed by atoms with Gasteiger partial charge in [0.1, 0.15) is 11.3 Å². The van der Waals surface area contributed by atoms with Crippen LogP contribution < -0.4 is 38.0 Å². The van der Waals surface area contributed by atoms with E-state index in [1.54, 1.807) is 14.2 Å². The van der Waals surface area contributed by atoms with Gasteiger partial charge >= 0.3 is 0 Å². The van der Waals surface area contributed by atoms with E-state index in [1.807, 2.05) is 18.2 Å². The fourth-order valence-electron chi connectivity index (χ4n) is 3.72. The lowest BCUT2D eigenvalue weighted by atomic mass is 10.1. The van der Waals surface area contributed by atoms with Gasteiger partial charge in [-0.2, -0.15) is 0 Å². The number of benzene rings is 2. The van der Waals surface area contributed by atoms with Gasteiger partial charge in [-0.05, 0) is 44.3 Å². The lowest BCUT2D eigenvalue weighted by Gasteiger charge is -2.20. The van der Waals surface area contributed by atoms with Gasteiger partial charge < -0.3 is 13.9 Å². The molecule has 1 aliphatic rings. The minimum absolute atomic E-state index is 0.695. The fourth-order valence-corrected chi connectivity index (χ4v) is 3.72. The van der Waals surface area contributed by atoms with E-state index in [-0.39, 0.29) is 0 Å². The quantitative estimate of drug-likeness (QED) is 0.411. The number of hydrogen-bond donors (Lipinski definition) is 0. The molecule has 0 unspecified atom stereocenters. The summed E-state index contributed by atoms with van der Waals surface area (Å²) in [4.78, 5) is 2.37. The van der Waals surface area contributed by atoms with Crippen molar-refractivity contribution in [2.45, 2.75) is 6.92 Å². The molecule has 2 heterocycles. The molecule has 0 radical (unpaired) electrons. The number of ether oxygens (including phenoxy) is 2. The molecule has 1 fully saturated rings. The van der Waals surface area contributed by atoms with E-state index >= 15 is 0 Å². The molecule has 0 N–H and O–H groups in total. The number of fused-ring (bicyclic) bond motifs is 1. The van der Waals surface area contributed by atoms with Crippen LogP contribution in [0.1, 0.15) is 5.56 Å². The summed E-state index contributed by atoms with van der Waals surface area (Å²) >= 11 is 0. The molecular weight excluding hydrogens is 452 g/mol. The van der Waals surface area contributed by atoms with Gasteiger partial charge in [0.2, 0.25) is 5.36 Å². The highest BCUT2D eigenvalue weighted by Crippen LogP contribution is 2.32. The lowest BCUT2D eigenvalue weighted by Crippen LogP contribution is -2.68. The molecule has 1 aromatic heterocycles. The summed E-state index contributed by atoms with van der Waals surface area (Å²) in [6, 6.07) is 14.4. The van der Waals surface area contributed by atoms with E-state index in [2.05, 4.69) is 47.7 Å². The Bertz CT molecular complexity index is 1170. The number of aryl methyl sites for hydroxylation is 1. The van der Waals surface area contributed by atoms with Gasteiger partial charge in [0.15, 0.2) is 24.6 Å². The molecule has 4 rings (SSSR count). The Hall–Kier alpha value is -2.66. The fraction of sp³-hybridized carbons (Fsp3) is 0.348. The van der Waals surface area contributed by atoms with E-state index in [9.17, 15) is 0 Å². The van der Waals surface area contributed by atoms with Crippen molar-refractivity contribution in [3.05, 3.63) is 53.4 Å². The summed E-state index contributed by atoms with van der Waals surface area (Å²) in [5, 5.41) is 2.39. The van der Waals surface area contributed by atoms with Crippen LogP contribution in [-0.4, -0.2) is 52.3 Å². The minimum atomic E-state index is -4.94. The minimum Gasteiger partial charge on any atom is -0.493 e. The van der Waals surface area contributed by atoms with Crippen LogP contribution in [0.2, 0.25) is 0 Å². The van der Waals surface area contributed by atoms with E-state index < -0.39 is 10.2 Å². The highest BCUT2D eigenvalue weighted by atomic mass is 35.7. The van der Waals surface area contributed by atoms with Gasteiger partial charge in [0.05, 0.1) is 38.8 Å². The molecule has 2 aromatic carbocycles. The molecule has 1 saturated heterocycles. The highest BCUT2D eigenvalue weighted by molar-refractivity contribution is 5.79. The number of rotatable bonds is 3. The molecule has 0 spiro atoms. The Morgan fingerprint density at radius 1 is 0.909 bits per heavy atom. The van der Waals surface area contributed by atoms with E-state index in [4.69, 9.17) is 32.5 Å². The molecule has 0 aliphatic carbocycles. The van der Waals surface area contributed by atoms with Crippen LogP contribution in [0.4, 0.5) is 0 Å². The standard InChI is InChI=1S/C23H27N2O3.ClHO4/c1-16-5-7-20-18(13-16)19(25-11-9-24(2)10-12-25)15-22(28-20)17-6-8-21(26-3)23(14-17)27-4;2-1(3,4)5/h5-8,13-15H,9-12H2,1-4H3;(H,2,3,4,5)/q+1;/p-1. The maximum atomic E-state index is 8.49. The van der Waals surface area contributed by atoms with Crippen molar-refractivity contribution in [3.8, 4) is 22.8 Å². The maximum absolute atomic E-state index is 8.49. The molecule has 9 nitrogen and oxygen atoms in total. The molecule has 178 valence electrons. The Balaban J connectivity index is 0.000000555. The summed E-state index contributed by atoms with van der Waals surface area (Å²) in [5.41, 5.74) is 3.10. The van der Waals surface area contributed by atoms with Crippen molar-refractivity contribution >= 4 is 11.0 Å². The Morgan fingerprint density at radius 3 is 2.15 bits per heavy atom. The van der Waals surface area contributed by atoms with Crippen LogP contribution in [-0.2, 0) is 0 Å². The first kappa shape index (κ1) is 25.0. The van der Waals surface area contributed by atoms with Crippen molar-refractivity contribution in [1.29, 1.82) is 0 Å². The third-order valence-electron chi connectivity index (χ3n) is 5.41. The number of piperazine rings is 1. The predicted octanol–water partition coefficient (Wildman–Crippen LogP) is -1.61. The van der Waals surface area contributed by atoms with Gasteiger partial charge in [-0.3, -0.25) is 4.90 Å². The first-order valence-electron chi connectivity index (χ1n) is 10.2. The zero-order valence-electron chi connectivity index (χ0n) is 19.0. The molecule has 0 amide bonds. The summed E-state index contributed by atoms with van der Waals surface area (Å²) in [6.07, 6.45) is 0. The topological polar surface area (TPSA) is 130 Å². The third-order valence-corrected chi connectivity index (χ3v) is 5.41. The normalized spacial score (nSPS) is 14.6. The van der Waals surface area contributed by atoms with Crippen LogP contribution in [0, 0.1) is 17.2 Å². The zero-order chi connectivity index (χ0) is 24.2. The molecule has 0 bridgehead atoms. The Morgan fingerprint density at radius 2 is 1.55 bits per heavy atom. The first-order valence-corrected chi connectivity index (χ1v) is 11.5. The largest absolute Gasteiger partial charge is 0.493 e. The maximum Gasteiger partial charge on any atom is 0.214 e. The molecule has 0 atom stereocenters. The molecule has 33 heavy (non-hydrogen) atoms. The van der Waals surface area contributed by atoms with E-state index in [0.29, 0.717) is 11.5 Å². The SMILES string of the molecule is COc1ccc(-c2cc(=[N+]3CCN(C)CC3)c3cc(C)ccc3o2)cc1OC.[O-][Cl+3]([O-])([O-])[O-]. The van der Waals surface area contributed by atoms with Crippen molar-refractivity contribution < 1.29 is 42.8 Å². The van der Waals surface area contributed by atoms with E-state index in [1.165, 1.54) is 10.9 Å². The van der Waals surface area contributed by atoms with Gasteiger partial charge in [-0.1, -0.05) is 11.6 Å². The van der Waals surface area contributed by atoms with Gasteiger partial charge in [-0.15, -0.1) is 10.2 Å². The summed E-state index contributed by atoms with van der Waals surface area (Å²) in [6.45, 7) is 6.26. The van der Waals surface area contributed by atoms with Crippen LogP contribution in [0.25, 0.3) is 22.3 Å². The van der Waals surface area contributed by atoms with Crippen LogP contribution in [0.3, 0.4) is 0 Å². The second-order valence-electron chi connectivity index (χ2n) is 7.73. The van der Waals surface area contributed by atoms with Gasteiger partial charge in [0, 0.05) is 5.56 Å². The van der Waals surface area contributed by atoms with Crippen LogP contribution in [0.5, 0.6) is 11.5 Å². The van der Waals surface area contributed by atoms with Crippen molar-refractivity contribution in [2.24, 2.45) is 0 Å². The molecule has 3 aromatic rings. The van der Waals surface area contributed by atoms with Gasteiger partial charge in [-0.25, -0.2) is 23.2 Å². The smallest absolute Gasteiger partial charge is 0.214 e. The molecule has 1 aliphatic heterocycles. The second-order valence-corrected chi connectivity index (χ2v) is 8.49. The number of likely N-dealkylation sites (N-methyl/N-ethyl adjacent to an activating group) is 1. The van der Waals surface area contributed by atoms with Crippen molar-refractivity contribution in [1.82, 2.24) is 9.48 Å². The number of methoxy groups -OCH3 is 2. The number of halogens is 1. The number of hydrogen-bond acceptors (Lipinski definition) is 8. The van der Waals surface area contributed by atoms with Crippen molar-refractivity contribution in [3.63, 3.8) is 0 Å². The second kappa shape index (κ2) is 10.5. The highest BCUT2D eigenvalue weighted by Gasteiger charge is 2.19. The summed E-state index contributed by atoms with van der Waals surface area (Å²) in [5.74, 6) is 2.23. The monoisotopic (exact) mass is 478 g/mol. The lowest BCUT2D eigenvalue weighted by molar-refractivity contribution is -2.00. The third kappa shape index (κ3) is 6.67. The van der Waals surface area contributed by atoms with Crippen LogP contribution >= 0.6 is 0 Å². The number of nitrogens with zero attached hydrogens (tertiary/aromatic N) is 2. The van der Waals surface area contributed by atoms with Crippen LogP contribution in [0.15, 0.2) is 46.9 Å². The first-order chi connectivity index (χ1) is 15.6. The molecular formula is C23H27ClN2O7. The summed E-state index contributed by atoms with van der Waals surface area (Å²) < 4.78 is 53.6. The van der Waals surface area contributed by atoms with E-state index in [0.717, 1.165) is 48.5 Å². The van der Waals surface area contributed by atoms with Gasteiger partial charge in [0.25, 0.3) is 0 Å². The summed E-state index contributed by atoms with van der Waals surface area (Å²) in [7, 11) is 0.526. The molecule has 0 saturated carbocycles. The zero-order valence-corrected chi connectivity index (χ0v) is 19.8. The Kier molecular flexibility index (Phi) is 7.96. The van der Waals surface area contributed by atoms with Crippen molar-refractivity contribution in [2.75, 3.05) is 47.4 Å². The average Bonchev–Trinajstić information content (AvgIpc) is 2.77. The predicted molar refractivity (Wildman–Crippen MR) is 112 cm³/mol.